The lowest BCUT2D eigenvalue weighted by atomic mass is 10.3. The number of aliphatic hydroxyl groups is 1. The lowest BCUT2D eigenvalue weighted by molar-refractivity contribution is -0.154. The van der Waals surface area contributed by atoms with Crippen LogP contribution in [0.4, 0.5) is 0 Å². The molecule has 1 heterocycles. The van der Waals surface area contributed by atoms with Crippen molar-refractivity contribution in [3.8, 4) is 0 Å². The Balaban J connectivity index is 0. The van der Waals surface area contributed by atoms with Gasteiger partial charge in [0.2, 0.25) is 0 Å². The van der Waals surface area contributed by atoms with Gasteiger partial charge in [-0.25, -0.2) is 9.59 Å². The molecule has 0 radical (unpaired) electrons. The summed E-state index contributed by atoms with van der Waals surface area (Å²) in [5, 5.41) is 8.47. The van der Waals surface area contributed by atoms with Gasteiger partial charge in [0, 0.05) is 6.08 Å². The highest BCUT2D eigenvalue weighted by molar-refractivity contribution is 5.95. The van der Waals surface area contributed by atoms with Crippen LogP contribution in [-0.4, -0.2) is 35.7 Å². The maximum absolute atomic E-state index is 10.2. The molecule has 1 rings (SSSR count). The second-order valence-electron chi connectivity index (χ2n) is 2.64. The van der Waals surface area contributed by atoms with Crippen molar-refractivity contribution in [2.45, 2.75) is 12.5 Å². The first-order chi connectivity index (χ1) is 8.51. The van der Waals surface area contributed by atoms with Crippen molar-refractivity contribution < 1.29 is 29.0 Å². The van der Waals surface area contributed by atoms with Crippen LogP contribution in [0, 0.1) is 0 Å². The molecule has 0 aromatic carbocycles. The Hall–Kier alpha value is -2.21. The normalized spacial score (nSPS) is 16.2. The SMILES string of the molecule is C=C.C=CCOC(=O)C=C.O=C1CC(O)C(=O)O1. The molecule has 1 N–H and O–H groups in total. The standard InChI is InChI=1S/C6H8O2.C4H4O4.C2H4/c1-3-5-8-6(7)4-2;5-2-1-3(6)8-4(2)7;1-2/h3-4H,1-2,5H2;2,5H,1H2;1-2H2. The van der Waals surface area contributed by atoms with E-state index in [9.17, 15) is 14.4 Å². The quantitative estimate of drug-likeness (QED) is 0.343. The minimum atomic E-state index is -1.22. The van der Waals surface area contributed by atoms with Gasteiger partial charge < -0.3 is 14.6 Å². The lowest BCUT2D eigenvalue weighted by Crippen LogP contribution is -2.11. The van der Waals surface area contributed by atoms with Crippen LogP contribution in [0.25, 0.3) is 0 Å². The Labute approximate surface area is 105 Å². The van der Waals surface area contributed by atoms with Gasteiger partial charge in [0.1, 0.15) is 6.61 Å². The van der Waals surface area contributed by atoms with Crippen molar-refractivity contribution in [1.29, 1.82) is 0 Å². The number of hydrogen-bond donors (Lipinski definition) is 1. The van der Waals surface area contributed by atoms with Crippen LogP contribution < -0.4 is 0 Å². The van der Waals surface area contributed by atoms with Crippen molar-refractivity contribution in [2.75, 3.05) is 6.61 Å². The van der Waals surface area contributed by atoms with E-state index in [1.54, 1.807) is 0 Å². The number of esters is 3. The zero-order valence-corrected chi connectivity index (χ0v) is 9.96. The number of cyclic esters (lactones) is 2. The fourth-order valence-corrected chi connectivity index (χ4v) is 0.663. The summed E-state index contributed by atoms with van der Waals surface area (Å²) < 4.78 is 8.41. The molecular weight excluding hydrogens is 240 g/mol. The van der Waals surface area contributed by atoms with Crippen molar-refractivity contribution >= 4 is 17.9 Å². The first-order valence-corrected chi connectivity index (χ1v) is 4.84. The molecule has 1 atom stereocenters. The van der Waals surface area contributed by atoms with Gasteiger partial charge >= 0.3 is 17.9 Å². The van der Waals surface area contributed by atoms with Gasteiger partial charge in [0.25, 0.3) is 0 Å². The molecule has 1 unspecified atom stereocenters. The first kappa shape index (κ1) is 18.2. The van der Waals surface area contributed by atoms with E-state index < -0.39 is 24.0 Å². The second-order valence-corrected chi connectivity index (χ2v) is 2.64. The van der Waals surface area contributed by atoms with Gasteiger partial charge in [0.15, 0.2) is 6.10 Å². The number of aliphatic hydroxyl groups excluding tert-OH is 1. The molecule has 0 bridgehead atoms. The van der Waals surface area contributed by atoms with Gasteiger partial charge in [-0.15, -0.1) is 13.2 Å². The average Bonchev–Trinajstić information content (AvgIpc) is 2.66. The van der Waals surface area contributed by atoms with E-state index in [-0.39, 0.29) is 13.0 Å². The largest absolute Gasteiger partial charge is 0.458 e. The van der Waals surface area contributed by atoms with Gasteiger partial charge in [-0.3, -0.25) is 4.79 Å². The molecular formula is C12H16O6. The van der Waals surface area contributed by atoms with E-state index in [0.29, 0.717) is 0 Å². The maximum atomic E-state index is 10.2. The number of rotatable bonds is 3. The second kappa shape index (κ2) is 11.3. The molecule has 0 aromatic rings. The van der Waals surface area contributed by atoms with Crippen molar-refractivity contribution in [2.24, 2.45) is 0 Å². The van der Waals surface area contributed by atoms with Crippen LogP contribution in [0.15, 0.2) is 38.5 Å². The monoisotopic (exact) mass is 256 g/mol. The maximum Gasteiger partial charge on any atom is 0.343 e. The summed E-state index contributed by atoms with van der Waals surface area (Å²) in [6.45, 7) is 12.8. The zero-order valence-electron chi connectivity index (χ0n) is 9.96. The molecule has 1 fully saturated rings. The molecule has 1 aliphatic heterocycles. The van der Waals surface area contributed by atoms with E-state index >= 15 is 0 Å². The van der Waals surface area contributed by atoms with E-state index in [1.807, 2.05) is 0 Å². The Morgan fingerprint density at radius 3 is 2.22 bits per heavy atom. The minimum Gasteiger partial charge on any atom is -0.458 e. The van der Waals surface area contributed by atoms with Crippen LogP contribution >= 0.6 is 0 Å². The first-order valence-electron chi connectivity index (χ1n) is 4.84. The van der Waals surface area contributed by atoms with Crippen LogP contribution in [0.2, 0.25) is 0 Å². The molecule has 1 aliphatic rings. The zero-order chi connectivity index (χ0) is 14.6. The molecule has 0 amide bonds. The Bertz CT molecular complexity index is 321. The summed E-state index contributed by atoms with van der Waals surface area (Å²) in [5.41, 5.74) is 0. The van der Waals surface area contributed by atoms with Crippen LogP contribution in [0.1, 0.15) is 6.42 Å². The van der Waals surface area contributed by atoms with Gasteiger partial charge in [-0.1, -0.05) is 19.2 Å². The number of carbonyl (C=O) groups is 3. The predicted molar refractivity (Wildman–Crippen MR) is 64.3 cm³/mol. The fourth-order valence-electron chi connectivity index (χ4n) is 0.663. The van der Waals surface area contributed by atoms with E-state index in [0.717, 1.165) is 6.08 Å². The number of carbonyl (C=O) groups excluding carboxylic acids is 3. The molecule has 0 spiro atoms. The topological polar surface area (TPSA) is 89.9 Å². The summed E-state index contributed by atoms with van der Waals surface area (Å²) in [6.07, 6.45) is 1.20. The molecule has 0 aromatic heterocycles. The summed E-state index contributed by atoms with van der Waals surface area (Å²) in [6, 6.07) is 0. The highest BCUT2D eigenvalue weighted by atomic mass is 16.6. The molecule has 0 saturated carbocycles. The third-order valence-corrected chi connectivity index (χ3v) is 1.36. The van der Waals surface area contributed by atoms with E-state index in [4.69, 9.17) is 5.11 Å². The van der Waals surface area contributed by atoms with Gasteiger partial charge in [-0.2, -0.15) is 0 Å². The summed E-state index contributed by atoms with van der Waals surface area (Å²) in [5.74, 6) is -1.90. The van der Waals surface area contributed by atoms with Crippen LogP contribution in [0.5, 0.6) is 0 Å². The average molecular weight is 256 g/mol. The fraction of sp³-hybridized carbons (Fsp3) is 0.250. The summed E-state index contributed by atoms with van der Waals surface area (Å²) >= 11 is 0. The van der Waals surface area contributed by atoms with Crippen LogP contribution in [-0.2, 0) is 23.9 Å². The molecule has 100 valence electrons. The highest BCUT2D eigenvalue weighted by Crippen LogP contribution is 2.05. The van der Waals surface area contributed by atoms with Crippen LogP contribution in [0.3, 0.4) is 0 Å². The van der Waals surface area contributed by atoms with Gasteiger partial charge in [0.05, 0.1) is 6.42 Å². The molecule has 6 nitrogen and oxygen atoms in total. The Morgan fingerprint density at radius 2 is 2.00 bits per heavy atom. The minimum absolute atomic E-state index is 0.196. The molecule has 18 heavy (non-hydrogen) atoms. The van der Waals surface area contributed by atoms with Gasteiger partial charge in [-0.05, 0) is 0 Å². The molecule has 0 aliphatic carbocycles. The third-order valence-electron chi connectivity index (χ3n) is 1.36. The Kier molecular flexibility index (Phi) is 11.4. The summed E-state index contributed by atoms with van der Waals surface area (Å²) in [7, 11) is 0. The van der Waals surface area contributed by atoms with Crippen molar-refractivity contribution in [3.05, 3.63) is 38.5 Å². The Morgan fingerprint density at radius 1 is 1.44 bits per heavy atom. The third kappa shape index (κ3) is 9.05. The lowest BCUT2D eigenvalue weighted by Gasteiger charge is -1.92. The highest BCUT2D eigenvalue weighted by Gasteiger charge is 2.30. The van der Waals surface area contributed by atoms with E-state index in [2.05, 4.69) is 35.8 Å². The van der Waals surface area contributed by atoms with Crippen molar-refractivity contribution in [3.63, 3.8) is 0 Å². The number of ether oxygens (including phenoxy) is 2. The number of hydrogen-bond acceptors (Lipinski definition) is 6. The molecule has 6 heteroatoms. The molecule has 1 saturated heterocycles. The summed E-state index contributed by atoms with van der Waals surface area (Å²) in [4.78, 5) is 30.3. The smallest absolute Gasteiger partial charge is 0.343 e. The van der Waals surface area contributed by atoms with Crippen molar-refractivity contribution in [1.82, 2.24) is 0 Å². The predicted octanol–water partition coefficient (Wildman–Crippen LogP) is 0.525. The van der Waals surface area contributed by atoms with E-state index in [1.165, 1.54) is 6.08 Å².